The fraction of sp³-hybridized carbons (Fsp3) is 0.304. The molecule has 1 unspecified atom stereocenters. The molecule has 2 aromatic heterocycles. The summed E-state index contributed by atoms with van der Waals surface area (Å²) >= 11 is 0. The van der Waals surface area contributed by atoms with Crippen LogP contribution in [0.5, 0.6) is 0 Å². The number of benzene rings is 1. The Morgan fingerprint density at radius 3 is 2.41 bits per heavy atom. The van der Waals surface area contributed by atoms with Gasteiger partial charge in [0.15, 0.2) is 0 Å². The number of aryl methyl sites for hydroxylation is 1. The lowest BCUT2D eigenvalue weighted by atomic mass is 10.1. The standard InChI is InChI=1S/C21H23N5O.C2HF3O2/c1-15(19-14-23-20-6-2-3-12-26(19)20)24-21(27)16-7-9-17(10-8-16)25-18-5-4-11-22-13-18;3-2(4,5)1(6)7/h4-5,7-11,13-15,25H,2-3,6,12H2,1H3,(H,24,27);(H,6,7). The van der Waals surface area contributed by atoms with Crippen LogP contribution in [0, 0.1) is 0 Å². The molecule has 0 spiro atoms. The van der Waals surface area contributed by atoms with Gasteiger partial charge in [-0.3, -0.25) is 9.78 Å². The number of hydrogen-bond donors (Lipinski definition) is 3. The van der Waals surface area contributed by atoms with E-state index in [0.29, 0.717) is 5.56 Å². The quantitative estimate of drug-likeness (QED) is 0.502. The van der Waals surface area contributed by atoms with Gasteiger partial charge in [-0.1, -0.05) is 0 Å². The number of fused-ring (bicyclic) bond motifs is 1. The molecule has 4 rings (SSSR count). The van der Waals surface area contributed by atoms with Crippen LogP contribution in [0.2, 0.25) is 0 Å². The number of pyridine rings is 1. The van der Waals surface area contributed by atoms with Crippen LogP contribution >= 0.6 is 0 Å². The normalized spacial score (nSPS) is 13.6. The highest BCUT2D eigenvalue weighted by Gasteiger charge is 2.38. The highest BCUT2D eigenvalue weighted by Crippen LogP contribution is 2.22. The second kappa shape index (κ2) is 10.8. The first-order valence-corrected chi connectivity index (χ1v) is 10.6. The van der Waals surface area contributed by atoms with E-state index in [1.165, 1.54) is 12.8 Å². The SMILES string of the molecule is CC(NC(=O)c1ccc(Nc2cccnc2)cc1)c1cnc2n1CCCC2.O=C(O)C(F)(F)F. The van der Waals surface area contributed by atoms with Crippen LogP contribution in [0.3, 0.4) is 0 Å². The predicted octanol–water partition coefficient (Wildman–Crippen LogP) is 4.48. The first-order valence-electron chi connectivity index (χ1n) is 10.6. The molecule has 180 valence electrons. The summed E-state index contributed by atoms with van der Waals surface area (Å²) < 4.78 is 34.0. The number of alkyl halides is 3. The van der Waals surface area contributed by atoms with Gasteiger partial charge in [0.25, 0.3) is 5.91 Å². The van der Waals surface area contributed by atoms with Gasteiger partial charge in [-0.25, -0.2) is 9.78 Å². The number of nitrogens with one attached hydrogen (secondary N) is 2. The Morgan fingerprint density at radius 1 is 1.09 bits per heavy atom. The van der Waals surface area contributed by atoms with E-state index < -0.39 is 12.1 Å². The summed E-state index contributed by atoms with van der Waals surface area (Å²) in [5.74, 6) is -1.71. The number of carbonyl (C=O) groups is 2. The van der Waals surface area contributed by atoms with Crippen LogP contribution < -0.4 is 10.6 Å². The summed E-state index contributed by atoms with van der Waals surface area (Å²) in [4.78, 5) is 30.1. The molecule has 0 radical (unpaired) electrons. The van der Waals surface area contributed by atoms with E-state index in [1.54, 1.807) is 12.4 Å². The van der Waals surface area contributed by atoms with Gasteiger partial charge < -0.3 is 20.3 Å². The number of anilines is 2. The fourth-order valence-corrected chi connectivity index (χ4v) is 3.45. The van der Waals surface area contributed by atoms with Gasteiger partial charge in [-0.05, 0) is 56.2 Å². The monoisotopic (exact) mass is 475 g/mol. The number of carboxylic acids is 1. The van der Waals surface area contributed by atoms with E-state index in [0.717, 1.165) is 35.9 Å². The summed E-state index contributed by atoms with van der Waals surface area (Å²) in [5, 5.41) is 13.5. The van der Waals surface area contributed by atoms with Crippen molar-refractivity contribution in [3.05, 3.63) is 72.1 Å². The molecule has 34 heavy (non-hydrogen) atoms. The molecule has 3 N–H and O–H groups in total. The van der Waals surface area contributed by atoms with Crippen LogP contribution in [0.4, 0.5) is 24.5 Å². The summed E-state index contributed by atoms with van der Waals surface area (Å²) in [5.41, 5.74) is 3.54. The molecule has 0 saturated heterocycles. The Bertz CT molecular complexity index is 1120. The molecule has 0 saturated carbocycles. The molecule has 1 aliphatic heterocycles. The van der Waals surface area contributed by atoms with Crippen LogP contribution in [0.25, 0.3) is 0 Å². The maximum atomic E-state index is 12.6. The third-order valence-corrected chi connectivity index (χ3v) is 5.13. The Balaban J connectivity index is 0.000000406. The maximum Gasteiger partial charge on any atom is 0.490 e. The largest absolute Gasteiger partial charge is 0.490 e. The van der Waals surface area contributed by atoms with Gasteiger partial charge >= 0.3 is 12.1 Å². The van der Waals surface area contributed by atoms with E-state index in [9.17, 15) is 18.0 Å². The van der Waals surface area contributed by atoms with Gasteiger partial charge in [0, 0.05) is 30.4 Å². The summed E-state index contributed by atoms with van der Waals surface area (Å²) in [6.07, 6.45) is 3.68. The van der Waals surface area contributed by atoms with Gasteiger partial charge in [0.2, 0.25) is 0 Å². The molecule has 8 nitrogen and oxygen atoms in total. The molecule has 1 aromatic carbocycles. The molecule has 0 aliphatic carbocycles. The molecular formula is C23H24F3N5O3. The van der Waals surface area contributed by atoms with Crippen molar-refractivity contribution in [3.8, 4) is 0 Å². The number of amides is 1. The predicted molar refractivity (Wildman–Crippen MR) is 119 cm³/mol. The van der Waals surface area contributed by atoms with Crippen molar-refractivity contribution in [1.29, 1.82) is 0 Å². The fourth-order valence-electron chi connectivity index (χ4n) is 3.45. The number of imidazole rings is 1. The average Bonchev–Trinajstić information content (AvgIpc) is 3.24. The van der Waals surface area contributed by atoms with Crippen LogP contribution in [0.15, 0.2) is 55.0 Å². The van der Waals surface area contributed by atoms with E-state index >= 15 is 0 Å². The molecule has 11 heteroatoms. The van der Waals surface area contributed by atoms with Gasteiger partial charge in [-0.2, -0.15) is 13.2 Å². The van der Waals surface area contributed by atoms with Crippen LogP contribution in [0.1, 0.15) is 47.7 Å². The minimum absolute atomic E-state index is 0.0787. The highest BCUT2D eigenvalue weighted by atomic mass is 19.4. The second-order valence-electron chi connectivity index (χ2n) is 7.65. The summed E-state index contributed by atoms with van der Waals surface area (Å²) in [6, 6.07) is 11.2. The van der Waals surface area contributed by atoms with Crippen molar-refractivity contribution in [2.24, 2.45) is 0 Å². The van der Waals surface area contributed by atoms with Crippen molar-refractivity contribution in [3.63, 3.8) is 0 Å². The number of carbonyl (C=O) groups excluding carboxylic acids is 1. The van der Waals surface area contributed by atoms with Crippen molar-refractivity contribution in [2.45, 2.75) is 44.9 Å². The van der Waals surface area contributed by atoms with E-state index in [4.69, 9.17) is 9.90 Å². The lowest BCUT2D eigenvalue weighted by Gasteiger charge is -2.20. The molecule has 1 amide bonds. The molecule has 1 aliphatic rings. The average molecular weight is 475 g/mol. The first kappa shape index (κ1) is 24.7. The van der Waals surface area contributed by atoms with Gasteiger partial charge in [0.05, 0.1) is 29.8 Å². The van der Waals surface area contributed by atoms with E-state index in [1.807, 2.05) is 49.5 Å². The number of aromatic nitrogens is 3. The molecular weight excluding hydrogens is 451 g/mol. The lowest BCUT2D eigenvalue weighted by molar-refractivity contribution is -0.192. The molecule has 0 bridgehead atoms. The van der Waals surface area contributed by atoms with E-state index in [2.05, 4.69) is 25.2 Å². The number of carboxylic acid groups (broad SMARTS) is 1. The van der Waals surface area contributed by atoms with Crippen LogP contribution in [-0.2, 0) is 17.8 Å². The Labute approximate surface area is 193 Å². The minimum atomic E-state index is -5.08. The second-order valence-corrected chi connectivity index (χ2v) is 7.65. The Hall–Kier alpha value is -3.89. The lowest BCUT2D eigenvalue weighted by Crippen LogP contribution is -2.28. The van der Waals surface area contributed by atoms with Crippen molar-refractivity contribution >= 4 is 23.3 Å². The van der Waals surface area contributed by atoms with Crippen LogP contribution in [-0.4, -0.2) is 37.7 Å². The zero-order valence-corrected chi connectivity index (χ0v) is 18.3. The van der Waals surface area contributed by atoms with Crippen molar-refractivity contribution in [2.75, 3.05) is 5.32 Å². The number of rotatable bonds is 5. The van der Waals surface area contributed by atoms with Crippen molar-refractivity contribution < 1.29 is 27.9 Å². The first-order chi connectivity index (χ1) is 16.1. The van der Waals surface area contributed by atoms with Gasteiger partial charge in [-0.15, -0.1) is 0 Å². The Kier molecular flexibility index (Phi) is 7.87. The Morgan fingerprint density at radius 2 is 1.79 bits per heavy atom. The zero-order valence-electron chi connectivity index (χ0n) is 18.3. The minimum Gasteiger partial charge on any atom is -0.475 e. The molecule has 0 fully saturated rings. The van der Waals surface area contributed by atoms with Crippen molar-refractivity contribution in [1.82, 2.24) is 19.9 Å². The smallest absolute Gasteiger partial charge is 0.475 e. The summed E-state index contributed by atoms with van der Waals surface area (Å²) in [7, 11) is 0. The topological polar surface area (TPSA) is 109 Å². The third-order valence-electron chi connectivity index (χ3n) is 5.13. The zero-order chi connectivity index (χ0) is 24.7. The summed E-state index contributed by atoms with van der Waals surface area (Å²) in [6.45, 7) is 2.99. The number of nitrogens with zero attached hydrogens (tertiary/aromatic N) is 3. The maximum absolute atomic E-state index is 12.6. The van der Waals surface area contributed by atoms with E-state index in [-0.39, 0.29) is 11.9 Å². The molecule has 3 aromatic rings. The third kappa shape index (κ3) is 6.56. The molecule has 3 heterocycles. The number of hydrogen-bond acceptors (Lipinski definition) is 5. The highest BCUT2D eigenvalue weighted by molar-refractivity contribution is 5.94. The number of halogens is 3. The molecule has 1 atom stereocenters. The van der Waals surface area contributed by atoms with Gasteiger partial charge in [0.1, 0.15) is 5.82 Å². The number of aliphatic carboxylic acids is 1.